The molecule has 3 aromatic rings. The van der Waals surface area contributed by atoms with Gasteiger partial charge in [0.1, 0.15) is 11.4 Å². The van der Waals surface area contributed by atoms with Crippen molar-refractivity contribution in [2.75, 3.05) is 6.61 Å². The van der Waals surface area contributed by atoms with Crippen LogP contribution in [0.1, 0.15) is 17.3 Å². The first kappa shape index (κ1) is 14.7. The van der Waals surface area contributed by atoms with Gasteiger partial charge in [-0.15, -0.1) is 0 Å². The molecule has 0 radical (unpaired) electrons. The Bertz CT molecular complexity index is 935. The molecule has 7 heteroatoms. The quantitative estimate of drug-likeness (QED) is 0.715. The molecule has 2 aromatic heterocycles. The van der Waals surface area contributed by atoms with E-state index in [0.717, 1.165) is 5.56 Å². The molecule has 1 aromatic carbocycles. The molecule has 0 saturated carbocycles. The third-order valence-electron chi connectivity index (χ3n) is 3.25. The zero-order valence-electron chi connectivity index (χ0n) is 12.2. The van der Waals surface area contributed by atoms with Crippen LogP contribution in [0.15, 0.2) is 41.3 Å². The Labute approximate surface area is 130 Å². The van der Waals surface area contributed by atoms with Crippen molar-refractivity contribution in [3.8, 4) is 17.1 Å². The molecule has 0 unspecified atom stereocenters. The molecule has 0 bridgehead atoms. The molecule has 116 valence electrons. The van der Waals surface area contributed by atoms with Crippen LogP contribution in [0, 0.1) is 0 Å². The van der Waals surface area contributed by atoms with E-state index in [0.29, 0.717) is 5.82 Å². The highest BCUT2D eigenvalue weighted by atomic mass is 16.5. The van der Waals surface area contributed by atoms with Crippen molar-refractivity contribution in [1.29, 1.82) is 0 Å². The van der Waals surface area contributed by atoms with Crippen LogP contribution >= 0.6 is 0 Å². The van der Waals surface area contributed by atoms with Crippen molar-refractivity contribution < 1.29 is 14.6 Å². The highest BCUT2D eigenvalue weighted by molar-refractivity contribution is 5.98. The summed E-state index contributed by atoms with van der Waals surface area (Å²) in [5.74, 6) is -0.973. The van der Waals surface area contributed by atoms with Crippen molar-refractivity contribution in [3.63, 3.8) is 0 Å². The van der Waals surface area contributed by atoms with Crippen LogP contribution in [-0.4, -0.2) is 32.6 Å². The number of rotatable bonds is 3. The van der Waals surface area contributed by atoms with Crippen LogP contribution in [0.3, 0.4) is 0 Å². The number of nitrogens with zero attached hydrogens (tertiary/aromatic N) is 2. The van der Waals surface area contributed by atoms with E-state index < -0.39 is 22.8 Å². The van der Waals surface area contributed by atoms with Crippen LogP contribution in [0.5, 0.6) is 5.75 Å². The van der Waals surface area contributed by atoms with Gasteiger partial charge in [-0.25, -0.2) is 14.8 Å². The number of carbonyl (C=O) groups excluding carboxylic acids is 1. The second-order valence-corrected chi connectivity index (χ2v) is 4.72. The maximum absolute atomic E-state index is 12.0. The number of H-pyrrole nitrogens is 1. The van der Waals surface area contributed by atoms with Gasteiger partial charge < -0.3 is 14.8 Å². The fourth-order valence-corrected chi connectivity index (χ4v) is 2.18. The minimum Gasteiger partial charge on any atom is -0.506 e. The average Bonchev–Trinajstić information content (AvgIpc) is 2.55. The van der Waals surface area contributed by atoms with Crippen LogP contribution < -0.4 is 5.56 Å². The number of pyridine rings is 1. The lowest BCUT2D eigenvalue weighted by Gasteiger charge is -2.07. The van der Waals surface area contributed by atoms with Gasteiger partial charge in [0.2, 0.25) is 0 Å². The van der Waals surface area contributed by atoms with Gasteiger partial charge in [0.25, 0.3) is 5.56 Å². The summed E-state index contributed by atoms with van der Waals surface area (Å²) >= 11 is 0. The van der Waals surface area contributed by atoms with Gasteiger partial charge in [0.15, 0.2) is 11.4 Å². The summed E-state index contributed by atoms with van der Waals surface area (Å²) in [6.45, 7) is 1.71. The Morgan fingerprint density at radius 2 is 2.04 bits per heavy atom. The highest BCUT2D eigenvalue weighted by Crippen LogP contribution is 2.25. The molecule has 0 aliphatic rings. The molecule has 0 aliphatic carbocycles. The SMILES string of the molecule is CCOC(=O)c1c(O)c2cnc(-c3ccccc3)nc2[nH]c1=O. The molecule has 0 spiro atoms. The molecule has 0 saturated heterocycles. The van der Waals surface area contributed by atoms with E-state index in [2.05, 4.69) is 15.0 Å². The van der Waals surface area contributed by atoms with Crippen LogP contribution in [0.4, 0.5) is 0 Å². The number of nitrogens with one attached hydrogen (secondary N) is 1. The number of hydrogen-bond donors (Lipinski definition) is 2. The van der Waals surface area contributed by atoms with Crippen LogP contribution in [0.25, 0.3) is 22.4 Å². The maximum Gasteiger partial charge on any atom is 0.347 e. The standard InChI is InChI=1S/C16H13N3O4/c1-2-23-16(22)11-12(20)10-8-17-13(9-6-4-3-5-7-9)18-14(10)19-15(11)21/h3-8H,2H2,1H3,(H2,17,18,19,20,21). The van der Waals surface area contributed by atoms with Crippen molar-refractivity contribution in [3.05, 3.63) is 52.4 Å². The Hall–Kier alpha value is -3.22. The number of aromatic nitrogens is 3. The molecule has 3 rings (SSSR count). The van der Waals surface area contributed by atoms with Crippen molar-refractivity contribution in [2.45, 2.75) is 6.92 Å². The second-order valence-electron chi connectivity index (χ2n) is 4.72. The van der Waals surface area contributed by atoms with Gasteiger partial charge in [-0.2, -0.15) is 0 Å². The molecule has 2 heterocycles. The number of aromatic amines is 1. The largest absolute Gasteiger partial charge is 0.506 e. The number of benzene rings is 1. The van der Waals surface area contributed by atoms with Gasteiger partial charge in [-0.1, -0.05) is 30.3 Å². The van der Waals surface area contributed by atoms with E-state index in [4.69, 9.17) is 4.74 Å². The van der Waals surface area contributed by atoms with E-state index >= 15 is 0 Å². The summed E-state index contributed by atoms with van der Waals surface area (Å²) < 4.78 is 4.77. The lowest BCUT2D eigenvalue weighted by molar-refractivity contribution is 0.0521. The smallest absolute Gasteiger partial charge is 0.347 e. The molecule has 0 atom stereocenters. The molecule has 0 aliphatic heterocycles. The first-order valence-electron chi connectivity index (χ1n) is 6.96. The van der Waals surface area contributed by atoms with Gasteiger partial charge in [-0.3, -0.25) is 4.79 Å². The van der Waals surface area contributed by atoms with E-state index in [1.54, 1.807) is 6.92 Å². The van der Waals surface area contributed by atoms with E-state index in [-0.39, 0.29) is 17.6 Å². The Morgan fingerprint density at radius 1 is 1.30 bits per heavy atom. The predicted octanol–water partition coefficient (Wildman–Crippen LogP) is 1.87. The fraction of sp³-hybridized carbons (Fsp3) is 0.125. The molecule has 2 N–H and O–H groups in total. The highest BCUT2D eigenvalue weighted by Gasteiger charge is 2.21. The molecule has 23 heavy (non-hydrogen) atoms. The topological polar surface area (TPSA) is 105 Å². The zero-order chi connectivity index (χ0) is 16.4. The van der Waals surface area contributed by atoms with Gasteiger partial charge in [0, 0.05) is 11.8 Å². The molecule has 0 fully saturated rings. The Morgan fingerprint density at radius 3 is 2.74 bits per heavy atom. The summed E-state index contributed by atoms with van der Waals surface area (Å²) in [4.78, 5) is 34.7. The third-order valence-corrected chi connectivity index (χ3v) is 3.25. The summed E-state index contributed by atoms with van der Waals surface area (Å²) in [7, 11) is 0. The first-order chi connectivity index (χ1) is 11.1. The van der Waals surface area contributed by atoms with Crippen molar-refractivity contribution >= 4 is 17.0 Å². The zero-order valence-corrected chi connectivity index (χ0v) is 12.2. The van der Waals surface area contributed by atoms with Crippen LogP contribution in [-0.2, 0) is 4.74 Å². The number of ether oxygens (including phenoxy) is 1. The van der Waals surface area contributed by atoms with Gasteiger partial charge in [-0.05, 0) is 6.92 Å². The maximum atomic E-state index is 12.0. The lowest BCUT2D eigenvalue weighted by atomic mass is 10.2. The van der Waals surface area contributed by atoms with Crippen LogP contribution in [0.2, 0.25) is 0 Å². The average molecular weight is 311 g/mol. The minimum atomic E-state index is -0.889. The summed E-state index contributed by atoms with van der Waals surface area (Å²) in [5, 5.41) is 10.4. The van der Waals surface area contributed by atoms with E-state index in [9.17, 15) is 14.7 Å². The lowest BCUT2D eigenvalue weighted by Crippen LogP contribution is -2.20. The van der Waals surface area contributed by atoms with Crippen molar-refractivity contribution in [1.82, 2.24) is 15.0 Å². The number of carbonyl (C=O) groups is 1. The van der Waals surface area contributed by atoms with Gasteiger partial charge in [0.05, 0.1) is 12.0 Å². The van der Waals surface area contributed by atoms with E-state index in [1.165, 1.54) is 6.20 Å². The molecular weight excluding hydrogens is 298 g/mol. The first-order valence-corrected chi connectivity index (χ1v) is 6.96. The predicted molar refractivity (Wildman–Crippen MR) is 83.2 cm³/mol. The Balaban J connectivity index is 2.18. The summed E-state index contributed by atoms with van der Waals surface area (Å²) in [5.41, 5.74) is -0.291. The normalized spacial score (nSPS) is 10.7. The van der Waals surface area contributed by atoms with E-state index in [1.807, 2.05) is 30.3 Å². The fourth-order valence-electron chi connectivity index (χ4n) is 2.18. The number of esters is 1. The number of hydrogen-bond acceptors (Lipinski definition) is 6. The third kappa shape index (κ3) is 2.64. The number of aromatic hydroxyl groups is 1. The summed E-state index contributed by atoms with van der Waals surface area (Å²) in [6, 6.07) is 9.20. The Kier molecular flexibility index (Phi) is 3.76. The summed E-state index contributed by atoms with van der Waals surface area (Å²) in [6.07, 6.45) is 1.36. The number of fused-ring (bicyclic) bond motifs is 1. The monoisotopic (exact) mass is 311 g/mol. The second kappa shape index (κ2) is 5.88. The van der Waals surface area contributed by atoms with Gasteiger partial charge >= 0.3 is 5.97 Å². The molecular formula is C16H13N3O4. The molecule has 0 amide bonds. The molecule has 7 nitrogen and oxygen atoms in total. The minimum absolute atomic E-state index is 0.0964. The van der Waals surface area contributed by atoms with Crippen molar-refractivity contribution in [2.24, 2.45) is 0 Å².